The molecule has 4 saturated carbocycles. The van der Waals surface area contributed by atoms with Crippen molar-refractivity contribution in [1.82, 2.24) is 0 Å². The lowest BCUT2D eigenvalue weighted by Gasteiger charge is -2.61. The summed E-state index contributed by atoms with van der Waals surface area (Å²) in [6, 6.07) is 5.47. The second-order valence-corrected chi connectivity index (χ2v) is 14.7. The number of carbonyl (C=O) groups is 1. The largest absolute Gasteiger partial charge is 0.390 e. The fourth-order valence-corrected chi connectivity index (χ4v) is 9.77. The lowest BCUT2D eigenvalue weighted by Crippen LogP contribution is -2.55. The molecule has 0 heterocycles. The molecular formula is C30H45N3O3S. The van der Waals surface area contributed by atoms with Crippen LogP contribution in [0.4, 0.5) is 11.4 Å². The van der Waals surface area contributed by atoms with Crippen LogP contribution in [0.1, 0.15) is 78.6 Å². The first-order chi connectivity index (χ1) is 17.5. The monoisotopic (exact) mass is 527 g/mol. The minimum absolute atomic E-state index is 0.0618. The van der Waals surface area contributed by atoms with E-state index in [4.69, 9.17) is 0 Å². The molecule has 0 bridgehead atoms. The molecule has 1 unspecified atom stereocenters. The summed E-state index contributed by atoms with van der Waals surface area (Å²) in [5.41, 5.74) is 1.33. The van der Waals surface area contributed by atoms with Gasteiger partial charge < -0.3 is 10.4 Å². The molecule has 0 aliphatic heterocycles. The Bertz CT molecular complexity index is 1100. The molecule has 9 atom stereocenters. The SMILES string of the molecule is CNc1ccc(S(C)=O)cc1N=NCC(=O)[C@H]1CC[C@H]2[C@@H]3CC[C@@H]4C[C@](C)(O)CC[C@]4(C)[C@H]3CC[C@]12C. The van der Waals surface area contributed by atoms with Gasteiger partial charge in [-0.1, -0.05) is 13.8 Å². The number of nitrogens with one attached hydrogen (secondary N) is 1. The highest BCUT2D eigenvalue weighted by molar-refractivity contribution is 7.84. The van der Waals surface area contributed by atoms with E-state index in [0.717, 1.165) is 50.1 Å². The number of hydrogen-bond acceptors (Lipinski definition) is 6. The standard InChI is InChI=1S/C30H45N3O3S/c1-28(35)14-15-29(2)19(17-28)6-8-21-22-9-10-24(30(22,3)13-12-23(21)29)27(34)18-32-33-26-16-20(37(5)36)7-11-25(26)31-4/h7,11,16,19,21-24,31,35H,6,8-10,12-15,17-18H2,1-5H3/t19-,21+,22+,23+,24-,28-,29+,30+,37?/m1/s1. The summed E-state index contributed by atoms with van der Waals surface area (Å²) in [6.07, 6.45) is 11.6. The lowest BCUT2D eigenvalue weighted by molar-refractivity contribution is -0.150. The highest BCUT2D eigenvalue weighted by atomic mass is 32.2. The van der Waals surface area contributed by atoms with Crippen molar-refractivity contribution in [3.63, 3.8) is 0 Å². The number of aliphatic hydroxyl groups is 1. The molecule has 4 fully saturated rings. The highest BCUT2D eigenvalue weighted by Crippen LogP contribution is 2.68. The molecule has 1 aromatic rings. The van der Waals surface area contributed by atoms with Crippen molar-refractivity contribution in [2.24, 2.45) is 50.6 Å². The number of azo groups is 1. The maximum Gasteiger partial charge on any atom is 0.159 e. The molecule has 0 spiro atoms. The number of hydrogen-bond donors (Lipinski definition) is 2. The van der Waals surface area contributed by atoms with E-state index in [1.54, 1.807) is 12.3 Å². The first-order valence-corrected chi connectivity index (χ1v) is 15.8. The topological polar surface area (TPSA) is 91.1 Å². The zero-order valence-electron chi connectivity index (χ0n) is 23.3. The summed E-state index contributed by atoms with van der Waals surface area (Å²) >= 11 is 0. The Morgan fingerprint density at radius 3 is 2.54 bits per heavy atom. The number of carbonyl (C=O) groups excluding carboxylic acids is 1. The second kappa shape index (κ2) is 9.86. The predicted octanol–water partition coefficient (Wildman–Crippen LogP) is 6.53. The van der Waals surface area contributed by atoms with Crippen LogP contribution in [0.25, 0.3) is 0 Å². The fourth-order valence-electron chi connectivity index (χ4n) is 9.24. The average Bonchev–Trinajstić information content (AvgIpc) is 3.21. The number of nitrogens with zero attached hydrogens (tertiary/aromatic N) is 2. The molecule has 204 valence electrons. The Kier molecular flexibility index (Phi) is 7.19. The van der Waals surface area contributed by atoms with E-state index in [2.05, 4.69) is 29.4 Å². The maximum atomic E-state index is 13.5. The van der Waals surface area contributed by atoms with Crippen LogP contribution in [0.2, 0.25) is 0 Å². The molecular weight excluding hydrogens is 482 g/mol. The van der Waals surface area contributed by atoms with Crippen molar-refractivity contribution >= 4 is 28.0 Å². The zero-order valence-corrected chi connectivity index (χ0v) is 24.1. The molecule has 0 aromatic heterocycles. The Morgan fingerprint density at radius 1 is 1.05 bits per heavy atom. The van der Waals surface area contributed by atoms with Gasteiger partial charge >= 0.3 is 0 Å². The van der Waals surface area contributed by atoms with Crippen LogP contribution in [-0.2, 0) is 15.6 Å². The van der Waals surface area contributed by atoms with E-state index in [9.17, 15) is 14.1 Å². The molecule has 0 radical (unpaired) electrons. The molecule has 0 amide bonds. The molecule has 2 N–H and O–H groups in total. The Hall–Kier alpha value is -1.60. The van der Waals surface area contributed by atoms with Crippen LogP contribution in [-0.4, -0.2) is 40.5 Å². The summed E-state index contributed by atoms with van der Waals surface area (Å²) < 4.78 is 11.9. The molecule has 37 heavy (non-hydrogen) atoms. The molecule has 4 aliphatic carbocycles. The number of fused-ring (bicyclic) bond motifs is 5. The van der Waals surface area contributed by atoms with E-state index < -0.39 is 16.4 Å². The summed E-state index contributed by atoms with van der Waals surface area (Å²) in [5, 5.41) is 22.6. The van der Waals surface area contributed by atoms with Gasteiger partial charge in [0.25, 0.3) is 0 Å². The first kappa shape index (κ1) is 27.0. The van der Waals surface area contributed by atoms with Crippen molar-refractivity contribution in [2.75, 3.05) is 25.2 Å². The third kappa shape index (κ3) is 4.73. The van der Waals surface area contributed by atoms with Gasteiger partial charge in [0.1, 0.15) is 12.2 Å². The van der Waals surface area contributed by atoms with E-state index in [1.165, 1.54) is 19.3 Å². The minimum atomic E-state index is -1.10. The summed E-state index contributed by atoms with van der Waals surface area (Å²) in [4.78, 5) is 14.2. The minimum Gasteiger partial charge on any atom is -0.390 e. The highest BCUT2D eigenvalue weighted by Gasteiger charge is 2.61. The van der Waals surface area contributed by atoms with E-state index in [1.807, 2.05) is 26.1 Å². The maximum absolute atomic E-state index is 13.5. The van der Waals surface area contributed by atoms with Gasteiger partial charge in [-0.15, -0.1) is 0 Å². The van der Waals surface area contributed by atoms with E-state index >= 15 is 0 Å². The van der Waals surface area contributed by atoms with E-state index in [0.29, 0.717) is 33.8 Å². The van der Waals surface area contributed by atoms with Crippen molar-refractivity contribution in [2.45, 2.75) is 89.1 Å². The van der Waals surface area contributed by atoms with Gasteiger partial charge in [0.15, 0.2) is 5.78 Å². The summed E-state index contributed by atoms with van der Waals surface area (Å²) in [7, 11) is 0.723. The van der Waals surface area contributed by atoms with Crippen molar-refractivity contribution in [3.05, 3.63) is 18.2 Å². The summed E-state index contributed by atoms with van der Waals surface area (Å²) in [5.74, 6) is 2.97. The molecule has 1 aromatic carbocycles. The number of anilines is 1. The average molecular weight is 528 g/mol. The fraction of sp³-hybridized carbons (Fsp3) is 0.767. The molecule has 7 heteroatoms. The van der Waals surface area contributed by atoms with Crippen molar-refractivity contribution in [1.29, 1.82) is 0 Å². The Balaban J connectivity index is 1.28. The van der Waals surface area contributed by atoms with Crippen LogP contribution in [0, 0.1) is 40.4 Å². The third-order valence-electron chi connectivity index (χ3n) is 11.3. The quantitative estimate of drug-likeness (QED) is 0.412. The molecule has 5 rings (SSSR count). The van der Waals surface area contributed by atoms with E-state index in [-0.39, 0.29) is 23.7 Å². The van der Waals surface area contributed by atoms with Crippen LogP contribution in [0.15, 0.2) is 33.3 Å². The number of Topliss-reactive ketones (excluding diaryl/α,β-unsaturated/α-hetero) is 1. The smallest absolute Gasteiger partial charge is 0.159 e. The normalized spacial score (nSPS) is 42.1. The van der Waals surface area contributed by atoms with Crippen LogP contribution >= 0.6 is 0 Å². The predicted molar refractivity (Wildman–Crippen MR) is 149 cm³/mol. The molecule has 4 aliphatic rings. The Labute approximate surface area is 224 Å². The van der Waals surface area contributed by atoms with Crippen molar-refractivity contribution < 1.29 is 14.1 Å². The van der Waals surface area contributed by atoms with Gasteiger partial charge in [-0.2, -0.15) is 10.2 Å². The third-order valence-corrected chi connectivity index (χ3v) is 12.2. The van der Waals surface area contributed by atoms with Gasteiger partial charge in [0, 0.05) is 34.9 Å². The van der Waals surface area contributed by atoms with Gasteiger partial charge in [-0.3, -0.25) is 9.00 Å². The van der Waals surface area contributed by atoms with Gasteiger partial charge in [0.05, 0.1) is 11.3 Å². The van der Waals surface area contributed by atoms with Crippen LogP contribution < -0.4 is 5.32 Å². The second-order valence-electron chi connectivity index (χ2n) is 13.3. The number of rotatable bonds is 6. The van der Waals surface area contributed by atoms with Gasteiger partial charge in [-0.05, 0) is 117 Å². The molecule has 6 nitrogen and oxygen atoms in total. The van der Waals surface area contributed by atoms with Crippen LogP contribution in [0.3, 0.4) is 0 Å². The number of benzene rings is 1. The first-order valence-electron chi connectivity index (χ1n) is 14.3. The van der Waals surface area contributed by atoms with Gasteiger partial charge in [0.2, 0.25) is 0 Å². The lowest BCUT2D eigenvalue weighted by atomic mass is 9.44. The Morgan fingerprint density at radius 2 is 1.81 bits per heavy atom. The summed E-state index contributed by atoms with van der Waals surface area (Å²) in [6.45, 7) is 7.05. The molecule has 0 saturated heterocycles. The van der Waals surface area contributed by atoms with Crippen LogP contribution in [0.5, 0.6) is 0 Å². The van der Waals surface area contributed by atoms with Crippen molar-refractivity contribution in [3.8, 4) is 0 Å². The number of ketones is 1. The zero-order chi connectivity index (χ0) is 26.6. The van der Waals surface area contributed by atoms with Gasteiger partial charge in [-0.25, -0.2) is 0 Å².